The average Bonchev–Trinajstić information content (AvgIpc) is 2.81. The van der Waals surface area contributed by atoms with E-state index in [0.717, 1.165) is 49.3 Å². The summed E-state index contributed by atoms with van der Waals surface area (Å²) in [5.74, 6) is 0.0464. The maximum absolute atomic E-state index is 13.3. The van der Waals surface area contributed by atoms with Gasteiger partial charge in [-0.2, -0.15) is 26.3 Å². The minimum atomic E-state index is -4.86. The fraction of sp³-hybridized carbons (Fsp3) is 0.400. The monoisotopic (exact) mass is 400 g/mol. The normalized spacial score (nSPS) is 22.2. The van der Waals surface area contributed by atoms with Crippen LogP contribution in [0.2, 0.25) is 0 Å². The SMILES string of the molecule is FC(F)(F)c1cc(-c2cccc3c2[C@@H]2CCNCC[C@@H]2N3)cc(C(F)(F)F)c1. The van der Waals surface area contributed by atoms with Gasteiger partial charge in [-0.05, 0) is 66.9 Å². The fourth-order valence-corrected chi connectivity index (χ4v) is 4.21. The van der Waals surface area contributed by atoms with Gasteiger partial charge in [0.1, 0.15) is 0 Å². The maximum Gasteiger partial charge on any atom is 0.416 e. The van der Waals surface area contributed by atoms with Crippen molar-refractivity contribution in [2.24, 2.45) is 0 Å². The van der Waals surface area contributed by atoms with Gasteiger partial charge in [0.25, 0.3) is 0 Å². The molecule has 28 heavy (non-hydrogen) atoms. The Morgan fingerprint density at radius 3 is 2.11 bits per heavy atom. The molecule has 2 aromatic rings. The second kappa shape index (κ2) is 6.69. The van der Waals surface area contributed by atoms with Crippen molar-refractivity contribution in [3.05, 3.63) is 53.1 Å². The molecule has 0 spiro atoms. The summed E-state index contributed by atoms with van der Waals surface area (Å²) in [6.45, 7) is 1.58. The molecule has 1 fully saturated rings. The minimum Gasteiger partial charge on any atom is -0.381 e. The Balaban J connectivity index is 1.88. The lowest BCUT2D eigenvalue weighted by Gasteiger charge is -2.19. The third kappa shape index (κ3) is 3.45. The van der Waals surface area contributed by atoms with E-state index in [1.165, 1.54) is 0 Å². The van der Waals surface area contributed by atoms with E-state index < -0.39 is 23.5 Å². The minimum absolute atomic E-state index is 0.0464. The molecule has 0 radical (unpaired) electrons. The van der Waals surface area contributed by atoms with Gasteiger partial charge in [0.15, 0.2) is 0 Å². The molecule has 0 bridgehead atoms. The Hall–Kier alpha value is -2.22. The highest BCUT2D eigenvalue weighted by Gasteiger charge is 2.39. The Labute approximate surface area is 157 Å². The number of hydrogen-bond donors (Lipinski definition) is 2. The summed E-state index contributed by atoms with van der Waals surface area (Å²) < 4.78 is 79.6. The number of hydrogen-bond acceptors (Lipinski definition) is 2. The molecule has 150 valence electrons. The Morgan fingerprint density at radius 2 is 1.46 bits per heavy atom. The molecule has 0 amide bonds. The molecule has 2 aromatic carbocycles. The molecule has 0 aromatic heterocycles. The molecule has 2 nitrogen and oxygen atoms in total. The van der Waals surface area contributed by atoms with Crippen LogP contribution in [0.1, 0.15) is 35.4 Å². The zero-order valence-corrected chi connectivity index (χ0v) is 14.7. The molecule has 2 heterocycles. The van der Waals surface area contributed by atoms with Crippen LogP contribution in [-0.4, -0.2) is 19.1 Å². The van der Waals surface area contributed by atoms with Crippen LogP contribution in [0.15, 0.2) is 36.4 Å². The number of fused-ring (bicyclic) bond motifs is 3. The summed E-state index contributed by atoms with van der Waals surface area (Å²) in [5.41, 5.74) is -0.612. The lowest BCUT2D eigenvalue weighted by Crippen LogP contribution is -2.21. The Kier molecular flexibility index (Phi) is 4.56. The standard InChI is InChI=1S/C20H18F6N2/c21-19(22,23)12-8-11(9-13(10-12)20(24,25)26)14-2-1-3-17-18(14)15-4-6-27-7-5-16(15)28-17/h1-3,8-10,15-16,27-28H,4-7H2/t15-,16+/m1/s1. The highest BCUT2D eigenvalue weighted by molar-refractivity contribution is 5.78. The van der Waals surface area contributed by atoms with Crippen molar-refractivity contribution < 1.29 is 26.3 Å². The van der Waals surface area contributed by atoms with Crippen molar-refractivity contribution >= 4 is 5.69 Å². The number of alkyl halides is 6. The lowest BCUT2D eigenvalue weighted by molar-refractivity contribution is -0.143. The van der Waals surface area contributed by atoms with Gasteiger partial charge in [-0.25, -0.2) is 0 Å². The molecule has 8 heteroatoms. The number of anilines is 1. The number of rotatable bonds is 1. The first kappa shape index (κ1) is 19.1. The van der Waals surface area contributed by atoms with Crippen molar-refractivity contribution in [3.63, 3.8) is 0 Å². The van der Waals surface area contributed by atoms with E-state index in [-0.39, 0.29) is 23.6 Å². The van der Waals surface area contributed by atoms with E-state index in [1.54, 1.807) is 12.1 Å². The fourth-order valence-electron chi connectivity index (χ4n) is 4.21. The molecule has 1 saturated heterocycles. The van der Waals surface area contributed by atoms with Crippen LogP contribution < -0.4 is 10.6 Å². The molecule has 0 unspecified atom stereocenters. The van der Waals surface area contributed by atoms with Gasteiger partial charge in [0, 0.05) is 17.6 Å². The van der Waals surface area contributed by atoms with Crippen LogP contribution in [0, 0.1) is 0 Å². The second-order valence-electron chi connectivity index (χ2n) is 7.25. The summed E-state index contributed by atoms with van der Waals surface area (Å²) in [5, 5.41) is 6.68. The van der Waals surface area contributed by atoms with Gasteiger partial charge in [-0.1, -0.05) is 12.1 Å². The van der Waals surface area contributed by atoms with Crippen LogP contribution in [0.25, 0.3) is 11.1 Å². The lowest BCUT2D eigenvalue weighted by atomic mass is 9.85. The van der Waals surface area contributed by atoms with E-state index in [1.807, 2.05) is 6.07 Å². The van der Waals surface area contributed by atoms with E-state index >= 15 is 0 Å². The summed E-state index contributed by atoms with van der Waals surface area (Å²) in [4.78, 5) is 0. The van der Waals surface area contributed by atoms with Crippen molar-refractivity contribution in [2.45, 2.75) is 37.2 Å². The summed E-state index contributed by atoms with van der Waals surface area (Å²) >= 11 is 0. The van der Waals surface area contributed by atoms with Gasteiger partial charge >= 0.3 is 12.4 Å². The van der Waals surface area contributed by atoms with Crippen molar-refractivity contribution in [2.75, 3.05) is 18.4 Å². The first-order valence-electron chi connectivity index (χ1n) is 9.04. The van der Waals surface area contributed by atoms with Crippen molar-refractivity contribution in [1.82, 2.24) is 5.32 Å². The third-order valence-corrected chi connectivity index (χ3v) is 5.47. The Morgan fingerprint density at radius 1 is 0.821 bits per heavy atom. The first-order chi connectivity index (χ1) is 13.1. The molecule has 4 rings (SSSR count). The molecule has 0 saturated carbocycles. The highest BCUT2D eigenvalue weighted by Crippen LogP contribution is 2.47. The number of halogens is 6. The van der Waals surface area contributed by atoms with Gasteiger partial charge < -0.3 is 10.6 Å². The third-order valence-electron chi connectivity index (χ3n) is 5.47. The average molecular weight is 400 g/mol. The summed E-state index contributed by atoms with van der Waals surface area (Å²) in [7, 11) is 0. The second-order valence-corrected chi connectivity index (χ2v) is 7.25. The first-order valence-corrected chi connectivity index (χ1v) is 9.04. The molecular formula is C20H18F6N2. The molecular weight excluding hydrogens is 382 g/mol. The summed E-state index contributed by atoms with van der Waals surface area (Å²) in [6, 6.07) is 7.02. The quantitative estimate of drug-likeness (QED) is 0.605. The van der Waals surface area contributed by atoms with Crippen LogP contribution in [0.5, 0.6) is 0 Å². The molecule has 2 atom stereocenters. The van der Waals surface area contributed by atoms with Crippen LogP contribution in [-0.2, 0) is 12.4 Å². The van der Waals surface area contributed by atoms with E-state index in [2.05, 4.69) is 10.6 Å². The van der Waals surface area contributed by atoms with Gasteiger partial charge in [-0.3, -0.25) is 0 Å². The molecule has 2 N–H and O–H groups in total. The van der Waals surface area contributed by atoms with Gasteiger partial charge in [-0.15, -0.1) is 0 Å². The number of nitrogens with one attached hydrogen (secondary N) is 2. The van der Waals surface area contributed by atoms with E-state index in [0.29, 0.717) is 5.56 Å². The van der Waals surface area contributed by atoms with E-state index in [9.17, 15) is 26.3 Å². The smallest absolute Gasteiger partial charge is 0.381 e. The Bertz CT molecular complexity index is 855. The predicted octanol–water partition coefficient (Wildman–Crippen LogP) is 5.65. The predicted molar refractivity (Wildman–Crippen MR) is 94.1 cm³/mol. The van der Waals surface area contributed by atoms with Crippen LogP contribution in [0.4, 0.5) is 32.0 Å². The zero-order valence-electron chi connectivity index (χ0n) is 14.7. The topological polar surface area (TPSA) is 24.1 Å². The van der Waals surface area contributed by atoms with Crippen molar-refractivity contribution in [3.8, 4) is 11.1 Å². The van der Waals surface area contributed by atoms with Crippen LogP contribution >= 0.6 is 0 Å². The largest absolute Gasteiger partial charge is 0.416 e. The molecule has 2 aliphatic heterocycles. The van der Waals surface area contributed by atoms with Gasteiger partial charge in [0.05, 0.1) is 11.1 Å². The number of benzene rings is 2. The molecule has 0 aliphatic carbocycles. The highest BCUT2D eigenvalue weighted by atomic mass is 19.4. The van der Waals surface area contributed by atoms with Crippen LogP contribution in [0.3, 0.4) is 0 Å². The van der Waals surface area contributed by atoms with E-state index in [4.69, 9.17) is 0 Å². The zero-order chi connectivity index (χ0) is 20.1. The molecule has 2 aliphatic rings. The van der Waals surface area contributed by atoms with Crippen molar-refractivity contribution in [1.29, 1.82) is 0 Å². The summed E-state index contributed by atoms with van der Waals surface area (Å²) in [6.07, 6.45) is -8.11. The maximum atomic E-state index is 13.3. The van der Waals surface area contributed by atoms with Gasteiger partial charge in [0.2, 0.25) is 0 Å².